The van der Waals surface area contributed by atoms with Crippen LogP contribution >= 0.6 is 31.9 Å². The zero-order valence-electron chi connectivity index (χ0n) is 23.7. The molecule has 4 N–H and O–H groups in total. The molecule has 0 aromatic heterocycles. The molecule has 2 atom stereocenters. The summed E-state index contributed by atoms with van der Waals surface area (Å²) >= 11 is 6.04. The van der Waals surface area contributed by atoms with Crippen molar-refractivity contribution in [1.29, 1.82) is 5.26 Å². The van der Waals surface area contributed by atoms with Crippen molar-refractivity contribution in [2.45, 2.75) is 6.42 Å². The van der Waals surface area contributed by atoms with Gasteiger partial charge in [-0.15, -0.1) is 0 Å². The van der Waals surface area contributed by atoms with E-state index in [0.717, 1.165) is 5.57 Å². The molecule has 2 aromatic carbocycles. The maximum absolute atomic E-state index is 11.0. The molecule has 45 heavy (non-hydrogen) atoms. The van der Waals surface area contributed by atoms with Crippen LogP contribution in [0.5, 0.6) is 5.75 Å². The van der Waals surface area contributed by atoms with Gasteiger partial charge in [-0.2, -0.15) is 5.26 Å². The van der Waals surface area contributed by atoms with Crippen LogP contribution in [0.1, 0.15) is 22.3 Å². The number of carboxylic acid groups (broad SMARTS) is 3. The summed E-state index contributed by atoms with van der Waals surface area (Å²) in [4.78, 5) is 32.0. The first-order chi connectivity index (χ1) is 21.5. The number of halogens is 2. The summed E-state index contributed by atoms with van der Waals surface area (Å²) in [5.74, 6) is -2.02. The second kappa shape index (κ2) is 16.9. The Hall–Kier alpha value is -4.72. The van der Waals surface area contributed by atoms with Crippen molar-refractivity contribution in [3.05, 3.63) is 141 Å². The van der Waals surface area contributed by atoms with Gasteiger partial charge in [0.15, 0.2) is 0 Å². The monoisotopic (exact) mass is 733 g/mol. The van der Waals surface area contributed by atoms with Gasteiger partial charge in [0.1, 0.15) is 17.4 Å². The van der Waals surface area contributed by atoms with Gasteiger partial charge < -0.3 is 20.4 Å². The lowest BCUT2D eigenvalue weighted by Gasteiger charge is -2.21. The summed E-state index contributed by atoms with van der Waals surface area (Å²) in [6.07, 6.45) is 25.2. The number of nitrogens with zero attached hydrogens (tertiary/aromatic N) is 1. The van der Waals surface area contributed by atoms with Crippen LogP contribution in [0.2, 0.25) is 0 Å². The topological polar surface area (TPSA) is 156 Å². The van der Waals surface area contributed by atoms with Crippen molar-refractivity contribution in [2.75, 3.05) is 0 Å². The Bertz CT molecular complexity index is 1640. The van der Waals surface area contributed by atoms with Crippen molar-refractivity contribution in [1.82, 2.24) is 0 Å². The Morgan fingerprint density at radius 2 is 1.27 bits per heavy atom. The second-order valence-corrected chi connectivity index (χ2v) is 11.7. The van der Waals surface area contributed by atoms with Crippen LogP contribution in [0, 0.1) is 35.0 Å². The predicted octanol–water partition coefficient (Wildman–Crippen LogP) is 7.97. The molecule has 6 aliphatic carbocycles. The molecule has 4 bridgehead atoms. The van der Waals surface area contributed by atoms with E-state index in [-0.39, 0.29) is 35.1 Å². The lowest BCUT2D eigenvalue weighted by atomic mass is 9.83. The van der Waals surface area contributed by atoms with Gasteiger partial charge in [-0.3, -0.25) is 4.79 Å². The summed E-state index contributed by atoms with van der Waals surface area (Å²) in [5, 5.41) is 43.9. The van der Waals surface area contributed by atoms with E-state index < -0.39 is 17.9 Å². The van der Waals surface area contributed by atoms with Crippen molar-refractivity contribution in [3.8, 4) is 11.8 Å². The molecule has 0 saturated heterocycles. The lowest BCUT2D eigenvalue weighted by Crippen LogP contribution is -2.11. The number of rotatable bonds is 5. The Balaban J connectivity index is 0.000000194. The number of carbonyl (C=O) groups is 3. The number of aromatic hydroxyl groups is 1. The van der Waals surface area contributed by atoms with Crippen LogP contribution in [-0.2, 0) is 9.59 Å². The van der Waals surface area contributed by atoms with Crippen LogP contribution in [0.4, 0.5) is 0 Å². The third-order valence-corrected chi connectivity index (χ3v) is 7.87. The maximum atomic E-state index is 11.0. The molecule has 8 rings (SSSR count). The van der Waals surface area contributed by atoms with Crippen molar-refractivity contribution >= 4 is 55.8 Å². The fraction of sp³-hybridized carbons (Fsp3) is 0.143. The van der Waals surface area contributed by atoms with E-state index in [4.69, 9.17) is 20.6 Å². The van der Waals surface area contributed by atoms with Gasteiger partial charge >= 0.3 is 17.9 Å². The quantitative estimate of drug-likeness (QED) is 0.137. The summed E-state index contributed by atoms with van der Waals surface area (Å²) in [6, 6.07) is 13.1. The molecule has 0 spiro atoms. The molecule has 2 unspecified atom stereocenters. The van der Waals surface area contributed by atoms with E-state index in [0.29, 0.717) is 26.3 Å². The maximum Gasteiger partial charge on any atom is 0.346 e. The van der Waals surface area contributed by atoms with E-state index in [1.807, 2.05) is 6.07 Å². The highest BCUT2D eigenvalue weighted by atomic mass is 79.9. The first-order valence-corrected chi connectivity index (χ1v) is 15.2. The fourth-order valence-corrected chi connectivity index (χ4v) is 5.58. The largest absolute Gasteiger partial charge is 0.506 e. The SMILES string of the molecule is N#CC(=Cc1ccccc1)C(=O)O.O=C(O)CC1=CC2C=CC3C=CC(C=C3)/C=C\C1C=C2.O=C(O)c1cc(Br)c(O)c(Br)c1. The number of hydrogen-bond donors (Lipinski definition) is 4. The number of carboxylic acids is 3. The van der Waals surface area contributed by atoms with Crippen LogP contribution in [0.3, 0.4) is 0 Å². The third-order valence-electron chi connectivity index (χ3n) is 6.66. The minimum absolute atomic E-state index is 0.000000000000000222. The molecule has 230 valence electrons. The average molecular weight is 735 g/mol. The van der Waals surface area contributed by atoms with Crippen LogP contribution < -0.4 is 0 Å². The summed E-state index contributed by atoms with van der Waals surface area (Å²) < 4.78 is 0.712. The summed E-state index contributed by atoms with van der Waals surface area (Å²) in [5.41, 5.74) is 1.55. The normalized spacial score (nSPS) is 21.4. The van der Waals surface area contributed by atoms with E-state index >= 15 is 0 Å². The first kappa shape index (κ1) is 34.8. The average Bonchev–Trinajstić information content (AvgIpc) is 3.01. The highest BCUT2D eigenvalue weighted by Gasteiger charge is 2.18. The van der Waals surface area contributed by atoms with E-state index in [1.54, 1.807) is 30.3 Å². The molecule has 0 saturated carbocycles. The molecule has 8 nitrogen and oxygen atoms in total. The molecule has 0 heterocycles. The Morgan fingerprint density at radius 1 is 0.778 bits per heavy atom. The molecule has 10 heteroatoms. The zero-order chi connectivity index (χ0) is 32.9. The molecule has 0 fully saturated rings. The summed E-state index contributed by atoms with van der Waals surface area (Å²) in [6.45, 7) is 0. The van der Waals surface area contributed by atoms with E-state index in [1.165, 1.54) is 18.2 Å². The number of phenolic OH excluding ortho intramolecular Hbond substituents is 1. The Morgan fingerprint density at radius 3 is 1.73 bits per heavy atom. The molecular weight excluding hydrogens is 706 g/mol. The van der Waals surface area contributed by atoms with E-state index in [2.05, 4.69) is 98.7 Å². The van der Waals surface area contributed by atoms with Gasteiger partial charge in [0, 0.05) is 23.7 Å². The van der Waals surface area contributed by atoms with Crippen molar-refractivity contribution in [3.63, 3.8) is 0 Å². The number of aromatic carboxylic acids is 1. The molecule has 0 radical (unpaired) electrons. The number of aliphatic carboxylic acids is 2. The minimum atomic E-state index is -1.20. The van der Waals surface area contributed by atoms with Gasteiger partial charge in [0.05, 0.1) is 20.9 Å². The molecule has 6 aliphatic rings. The fourth-order valence-electron chi connectivity index (χ4n) is 4.39. The molecular formula is C35H29Br2NO7. The Kier molecular flexibility index (Phi) is 13.1. The van der Waals surface area contributed by atoms with Gasteiger partial charge in [-0.05, 0) is 55.6 Å². The number of hydrogen-bond acceptors (Lipinski definition) is 5. The van der Waals surface area contributed by atoms with Gasteiger partial charge in [0.2, 0.25) is 0 Å². The molecule has 0 aliphatic heterocycles. The van der Waals surface area contributed by atoms with Crippen molar-refractivity contribution in [2.24, 2.45) is 23.7 Å². The van der Waals surface area contributed by atoms with Crippen LogP contribution in [-0.4, -0.2) is 38.3 Å². The van der Waals surface area contributed by atoms with Gasteiger partial charge in [-0.1, -0.05) is 103 Å². The highest BCUT2D eigenvalue weighted by Crippen LogP contribution is 2.33. The van der Waals surface area contributed by atoms with E-state index in [9.17, 15) is 19.5 Å². The van der Waals surface area contributed by atoms with Gasteiger partial charge in [-0.25, -0.2) is 9.59 Å². The van der Waals surface area contributed by atoms with Crippen LogP contribution in [0.15, 0.2) is 129 Å². The molecule has 0 amide bonds. The Labute approximate surface area is 277 Å². The molecule has 2 aromatic rings. The number of phenols is 1. The third kappa shape index (κ3) is 11.1. The highest BCUT2D eigenvalue weighted by molar-refractivity contribution is 9.11. The van der Waals surface area contributed by atoms with Crippen LogP contribution in [0.25, 0.3) is 6.08 Å². The number of benzene rings is 2. The zero-order valence-corrected chi connectivity index (χ0v) is 26.9. The first-order valence-electron chi connectivity index (χ1n) is 13.6. The second-order valence-electron chi connectivity index (χ2n) is 9.97. The lowest BCUT2D eigenvalue weighted by molar-refractivity contribution is -0.136. The summed E-state index contributed by atoms with van der Waals surface area (Å²) in [7, 11) is 0. The smallest absolute Gasteiger partial charge is 0.346 e. The van der Waals surface area contributed by atoms with Crippen molar-refractivity contribution < 1.29 is 34.8 Å². The number of allylic oxidation sites excluding steroid dienone is 11. The standard InChI is InChI=1S/C18H18O2.C10H7NO2.C7H4Br2O3/c19-18(20)12-17-11-15-6-5-13-1-3-14(4-2-13)7-9-16(17)10-8-15;11-7-9(10(12)13)6-8-4-2-1-3-5-8;8-4-1-3(7(11)12)2-5(9)6(4)10/h1-11,13-16H,12H2,(H,19,20);1-6H,(H,12,13);1-2,10H,(H,11,12)/b6-5?,9-7-;;. The predicted molar refractivity (Wildman–Crippen MR) is 178 cm³/mol. The number of nitriles is 1. The van der Waals surface area contributed by atoms with Gasteiger partial charge in [0.25, 0.3) is 0 Å². The minimum Gasteiger partial charge on any atom is -0.506 e.